The first-order valence-electron chi connectivity index (χ1n) is 6.72. The maximum atomic E-state index is 13.0. The number of rotatable bonds is 6. The Morgan fingerprint density at radius 2 is 1.95 bits per heavy atom. The van der Waals surface area contributed by atoms with Gasteiger partial charge in [-0.3, -0.25) is 4.90 Å². The minimum atomic E-state index is -0.216. The second kappa shape index (κ2) is 6.20. The third-order valence-corrected chi connectivity index (χ3v) is 3.83. The summed E-state index contributed by atoms with van der Waals surface area (Å²) >= 11 is 0. The van der Waals surface area contributed by atoms with Gasteiger partial charge in [-0.1, -0.05) is 12.1 Å². The van der Waals surface area contributed by atoms with Crippen LogP contribution < -0.4 is 5.73 Å². The Labute approximate surface area is 119 Å². The van der Waals surface area contributed by atoms with E-state index in [2.05, 4.69) is 11.8 Å². The van der Waals surface area contributed by atoms with Gasteiger partial charge in [0.2, 0.25) is 0 Å². The molecule has 0 spiro atoms. The number of halogens is 1. The molecule has 0 amide bonds. The van der Waals surface area contributed by atoms with Crippen LogP contribution in [0.4, 0.5) is 4.39 Å². The molecule has 0 aliphatic carbocycles. The minimum Gasteiger partial charge on any atom is -0.468 e. The Bertz CT molecular complexity index is 524. The van der Waals surface area contributed by atoms with Gasteiger partial charge < -0.3 is 10.2 Å². The van der Waals surface area contributed by atoms with E-state index in [4.69, 9.17) is 10.2 Å². The highest BCUT2D eigenvalue weighted by Gasteiger charge is 2.28. The lowest BCUT2D eigenvalue weighted by molar-refractivity contribution is 0.126. The SMILES string of the molecule is CN(Cc1ccco1)C(C)(CN)Cc1ccc(F)cc1. The topological polar surface area (TPSA) is 42.4 Å². The molecule has 3 nitrogen and oxygen atoms in total. The average Bonchev–Trinajstić information content (AvgIpc) is 2.94. The molecule has 1 heterocycles. The number of benzene rings is 1. The van der Waals surface area contributed by atoms with E-state index in [1.54, 1.807) is 6.26 Å². The zero-order valence-corrected chi connectivity index (χ0v) is 12.0. The standard InChI is InChI=1S/C16H21FN2O/c1-16(12-18,10-13-5-7-14(17)8-6-13)19(2)11-15-4-3-9-20-15/h3-9H,10-12,18H2,1-2H3. The fraction of sp³-hybridized carbons (Fsp3) is 0.375. The lowest BCUT2D eigenvalue weighted by Crippen LogP contribution is -2.50. The maximum absolute atomic E-state index is 13.0. The van der Waals surface area contributed by atoms with E-state index >= 15 is 0 Å². The minimum absolute atomic E-state index is 0.204. The van der Waals surface area contributed by atoms with Crippen LogP contribution in [-0.4, -0.2) is 24.0 Å². The van der Waals surface area contributed by atoms with Crippen molar-refractivity contribution < 1.29 is 8.81 Å². The average molecular weight is 276 g/mol. The summed E-state index contributed by atoms with van der Waals surface area (Å²) in [7, 11) is 2.03. The zero-order chi connectivity index (χ0) is 14.6. The molecule has 1 aromatic heterocycles. The summed E-state index contributed by atoms with van der Waals surface area (Å²) in [6.07, 6.45) is 2.43. The molecule has 108 valence electrons. The molecule has 0 fully saturated rings. The summed E-state index contributed by atoms with van der Waals surface area (Å²) in [6, 6.07) is 10.4. The second-order valence-corrected chi connectivity index (χ2v) is 5.44. The van der Waals surface area contributed by atoms with Gasteiger partial charge in [-0.2, -0.15) is 0 Å². The molecule has 1 unspecified atom stereocenters. The Kier molecular flexibility index (Phi) is 4.57. The van der Waals surface area contributed by atoms with Gasteiger partial charge in [0.1, 0.15) is 11.6 Å². The molecule has 2 rings (SSSR count). The van der Waals surface area contributed by atoms with Crippen LogP contribution in [0.5, 0.6) is 0 Å². The normalized spacial score (nSPS) is 14.4. The van der Waals surface area contributed by atoms with E-state index in [-0.39, 0.29) is 11.4 Å². The molecule has 2 aromatic rings. The first kappa shape index (κ1) is 14.8. The molecule has 0 aliphatic rings. The molecule has 0 saturated heterocycles. The molecular formula is C16H21FN2O. The van der Waals surface area contributed by atoms with Crippen LogP contribution in [0.3, 0.4) is 0 Å². The van der Waals surface area contributed by atoms with Crippen LogP contribution in [0.25, 0.3) is 0 Å². The smallest absolute Gasteiger partial charge is 0.123 e. The van der Waals surface area contributed by atoms with Crippen LogP contribution in [0.15, 0.2) is 47.1 Å². The van der Waals surface area contributed by atoms with Crippen molar-refractivity contribution in [1.82, 2.24) is 4.90 Å². The molecule has 1 aromatic carbocycles. The first-order chi connectivity index (χ1) is 9.53. The summed E-state index contributed by atoms with van der Waals surface area (Å²) in [5, 5.41) is 0. The summed E-state index contributed by atoms with van der Waals surface area (Å²) in [4.78, 5) is 2.18. The predicted molar refractivity (Wildman–Crippen MR) is 77.7 cm³/mol. The fourth-order valence-corrected chi connectivity index (χ4v) is 2.23. The van der Waals surface area contributed by atoms with E-state index in [0.29, 0.717) is 13.1 Å². The second-order valence-electron chi connectivity index (χ2n) is 5.44. The van der Waals surface area contributed by atoms with Crippen molar-refractivity contribution in [2.24, 2.45) is 5.73 Å². The molecule has 0 aliphatic heterocycles. The first-order valence-corrected chi connectivity index (χ1v) is 6.72. The van der Waals surface area contributed by atoms with E-state index < -0.39 is 0 Å². The third-order valence-electron chi connectivity index (χ3n) is 3.83. The van der Waals surface area contributed by atoms with Crippen molar-refractivity contribution >= 4 is 0 Å². The van der Waals surface area contributed by atoms with E-state index in [0.717, 1.165) is 17.7 Å². The molecule has 4 heteroatoms. The van der Waals surface area contributed by atoms with Crippen LogP contribution in [-0.2, 0) is 13.0 Å². The van der Waals surface area contributed by atoms with Crippen molar-refractivity contribution in [3.8, 4) is 0 Å². The van der Waals surface area contributed by atoms with E-state index in [9.17, 15) is 4.39 Å². The number of likely N-dealkylation sites (N-methyl/N-ethyl adjacent to an activating group) is 1. The monoisotopic (exact) mass is 276 g/mol. The number of nitrogens with zero attached hydrogens (tertiary/aromatic N) is 1. The third kappa shape index (κ3) is 3.46. The summed E-state index contributed by atoms with van der Waals surface area (Å²) < 4.78 is 18.3. The molecular weight excluding hydrogens is 255 g/mol. The van der Waals surface area contributed by atoms with Gasteiger partial charge in [0, 0.05) is 12.1 Å². The highest BCUT2D eigenvalue weighted by atomic mass is 19.1. The van der Waals surface area contributed by atoms with Gasteiger partial charge in [-0.25, -0.2) is 4.39 Å². The van der Waals surface area contributed by atoms with Gasteiger partial charge in [-0.15, -0.1) is 0 Å². The molecule has 1 atom stereocenters. The van der Waals surface area contributed by atoms with E-state index in [1.165, 1.54) is 12.1 Å². The number of furan rings is 1. The highest BCUT2D eigenvalue weighted by Crippen LogP contribution is 2.21. The maximum Gasteiger partial charge on any atom is 0.123 e. The Morgan fingerprint density at radius 1 is 1.25 bits per heavy atom. The van der Waals surface area contributed by atoms with Gasteiger partial charge >= 0.3 is 0 Å². The van der Waals surface area contributed by atoms with Crippen LogP contribution >= 0.6 is 0 Å². The Balaban J connectivity index is 2.09. The van der Waals surface area contributed by atoms with Crippen LogP contribution in [0.2, 0.25) is 0 Å². The van der Waals surface area contributed by atoms with Gasteiger partial charge in [-0.05, 0) is 50.2 Å². The van der Waals surface area contributed by atoms with Crippen molar-refractivity contribution in [3.05, 3.63) is 59.8 Å². The van der Waals surface area contributed by atoms with Crippen molar-refractivity contribution in [1.29, 1.82) is 0 Å². The quantitative estimate of drug-likeness (QED) is 0.882. The van der Waals surface area contributed by atoms with Gasteiger partial charge in [0.25, 0.3) is 0 Å². The number of hydrogen-bond donors (Lipinski definition) is 1. The fourth-order valence-electron chi connectivity index (χ4n) is 2.23. The van der Waals surface area contributed by atoms with Gasteiger partial charge in [0.15, 0.2) is 0 Å². The van der Waals surface area contributed by atoms with Crippen molar-refractivity contribution in [2.75, 3.05) is 13.6 Å². The molecule has 0 bridgehead atoms. The lowest BCUT2D eigenvalue weighted by atomic mass is 9.91. The Hall–Kier alpha value is -1.65. The van der Waals surface area contributed by atoms with Crippen LogP contribution in [0.1, 0.15) is 18.2 Å². The largest absolute Gasteiger partial charge is 0.468 e. The van der Waals surface area contributed by atoms with E-state index in [1.807, 2.05) is 31.3 Å². The molecule has 0 saturated carbocycles. The summed E-state index contributed by atoms with van der Waals surface area (Å²) in [6.45, 7) is 3.32. The van der Waals surface area contributed by atoms with Crippen molar-refractivity contribution in [3.63, 3.8) is 0 Å². The molecule has 0 radical (unpaired) electrons. The number of hydrogen-bond acceptors (Lipinski definition) is 3. The summed E-state index contributed by atoms with van der Waals surface area (Å²) in [5.41, 5.74) is 6.84. The van der Waals surface area contributed by atoms with Crippen molar-refractivity contribution in [2.45, 2.75) is 25.4 Å². The number of nitrogens with two attached hydrogens (primary N) is 1. The Morgan fingerprint density at radius 3 is 2.50 bits per heavy atom. The molecule has 2 N–H and O–H groups in total. The van der Waals surface area contributed by atoms with Crippen LogP contribution in [0, 0.1) is 5.82 Å². The lowest BCUT2D eigenvalue weighted by Gasteiger charge is -2.38. The molecule has 20 heavy (non-hydrogen) atoms. The predicted octanol–water partition coefficient (Wildman–Crippen LogP) is 2.81. The zero-order valence-electron chi connectivity index (χ0n) is 12.0. The summed E-state index contributed by atoms with van der Waals surface area (Å²) in [5.74, 6) is 0.693. The van der Waals surface area contributed by atoms with Gasteiger partial charge in [0.05, 0.1) is 12.8 Å². The highest BCUT2D eigenvalue weighted by molar-refractivity contribution is 5.19.